The smallest absolute Gasteiger partial charge is 0.269 e. The molecular weight excluding hydrogens is 360 g/mol. The van der Waals surface area contributed by atoms with Crippen molar-refractivity contribution >= 4 is 17.4 Å². The first-order valence-electron chi connectivity index (χ1n) is 9.00. The highest BCUT2D eigenvalue weighted by atomic mass is 32.2. The molecule has 0 spiro atoms. The first-order valence-corrected chi connectivity index (χ1v) is 9.88. The zero-order valence-corrected chi connectivity index (χ0v) is 15.8. The first kappa shape index (κ1) is 17.7. The van der Waals surface area contributed by atoms with Crippen LogP contribution in [0.3, 0.4) is 0 Å². The third kappa shape index (κ3) is 4.03. The van der Waals surface area contributed by atoms with Crippen molar-refractivity contribution in [3.05, 3.63) is 81.7 Å². The second-order valence-electron chi connectivity index (χ2n) is 6.80. The minimum Gasteiger partial charge on any atom is -0.301 e. The summed E-state index contributed by atoms with van der Waals surface area (Å²) in [7, 11) is 0. The maximum Gasteiger partial charge on any atom is 0.269 e. The van der Waals surface area contributed by atoms with E-state index in [0.29, 0.717) is 5.92 Å². The fourth-order valence-electron chi connectivity index (χ4n) is 3.06. The number of nitro benzene ring substituents is 1. The van der Waals surface area contributed by atoms with Crippen LogP contribution in [0.15, 0.2) is 59.8 Å². The number of non-ortho nitro benzene ring substituents is 1. The fraction of sp³-hybridized carbons (Fsp3) is 0.300. The summed E-state index contributed by atoms with van der Waals surface area (Å²) >= 11 is 1.60. The molecule has 0 amide bonds. The second kappa shape index (κ2) is 7.52. The topological polar surface area (TPSA) is 73.8 Å². The first-order chi connectivity index (χ1) is 13.1. The van der Waals surface area contributed by atoms with Gasteiger partial charge in [0.1, 0.15) is 5.82 Å². The molecule has 3 aromatic rings. The Hall–Kier alpha value is -2.67. The Labute approximate surface area is 161 Å². The number of hydrogen-bond donors (Lipinski definition) is 0. The minimum absolute atomic E-state index is 0.0377. The van der Waals surface area contributed by atoms with Gasteiger partial charge in [0.05, 0.1) is 11.5 Å². The Morgan fingerprint density at radius 2 is 1.96 bits per heavy atom. The molecule has 1 aliphatic carbocycles. The summed E-state index contributed by atoms with van der Waals surface area (Å²) < 4.78 is 2.20. The quantitative estimate of drug-likeness (QED) is 0.329. The van der Waals surface area contributed by atoms with Crippen molar-refractivity contribution in [3.8, 4) is 0 Å². The SMILES string of the molecule is C[C@@H](Sc1nnc(C2CC2)n1Cc1ccccc1)c1cccc([N+](=O)[O-])c1. The Balaban J connectivity index is 1.60. The summed E-state index contributed by atoms with van der Waals surface area (Å²) in [6, 6.07) is 17.1. The average molecular weight is 380 g/mol. The molecule has 4 rings (SSSR count). The predicted molar refractivity (Wildman–Crippen MR) is 105 cm³/mol. The molecule has 1 atom stereocenters. The Bertz CT molecular complexity index is 954. The molecule has 1 saturated carbocycles. The number of nitrogens with zero attached hydrogens (tertiary/aromatic N) is 4. The van der Waals surface area contributed by atoms with Crippen LogP contribution in [0.25, 0.3) is 0 Å². The second-order valence-corrected chi connectivity index (χ2v) is 8.11. The lowest BCUT2D eigenvalue weighted by Crippen LogP contribution is -2.06. The van der Waals surface area contributed by atoms with Gasteiger partial charge in [0.15, 0.2) is 5.16 Å². The molecule has 6 nitrogen and oxygen atoms in total. The van der Waals surface area contributed by atoms with Crippen molar-refractivity contribution in [2.24, 2.45) is 0 Å². The highest BCUT2D eigenvalue weighted by Crippen LogP contribution is 2.42. The summed E-state index contributed by atoms with van der Waals surface area (Å²) in [5.41, 5.74) is 2.24. The van der Waals surface area contributed by atoms with Gasteiger partial charge in [-0.15, -0.1) is 10.2 Å². The molecule has 1 fully saturated rings. The summed E-state index contributed by atoms with van der Waals surface area (Å²) in [5.74, 6) is 1.55. The molecule has 0 radical (unpaired) electrons. The molecule has 0 N–H and O–H groups in total. The highest BCUT2D eigenvalue weighted by Gasteiger charge is 2.31. The fourth-order valence-corrected chi connectivity index (χ4v) is 4.03. The van der Waals surface area contributed by atoms with Gasteiger partial charge < -0.3 is 4.57 Å². The summed E-state index contributed by atoms with van der Waals surface area (Å²) in [5, 5.41) is 20.8. The van der Waals surface area contributed by atoms with E-state index in [1.165, 1.54) is 11.6 Å². The van der Waals surface area contributed by atoms with Gasteiger partial charge in [0.25, 0.3) is 5.69 Å². The molecule has 0 aliphatic heterocycles. The standard InChI is InChI=1S/C20H20N4O2S/c1-14(17-8-5-9-18(12-17)24(25)26)27-20-22-21-19(16-10-11-16)23(20)13-15-6-3-2-4-7-15/h2-9,12,14,16H,10-11,13H2,1H3/t14-/m1/s1. The van der Waals surface area contributed by atoms with Gasteiger partial charge in [-0.05, 0) is 30.9 Å². The maximum atomic E-state index is 11.0. The number of hydrogen-bond acceptors (Lipinski definition) is 5. The van der Waals surface area contributed by atoms with Gasteiger partial charge in [-0.2, -0.15) is 0 Å². The Kier molecular flexibility index (Phi) is 4.94. The molecule has 0 bridgehead atoms. The van der Waals surface area contributed by atoms with E-state index in [2.05, 4.69) is 26.9 Å². The van der Waals surface area contributed by atoms with Crippen LogP contribution in [0, 0.1) is 10.1 Å². The summed E-state index contributed by atoms with van der Waals surface area (Å²) in [6.07, 6.45) is 2.33. The monoisotopic (exact) mass is 380 g/mol. The Morgan fingerprint density at radius 1 is 1.19 bits per heavy atom. The van der Waals surface area contributed by atoms with E-state index in [0.717, 1.165) is 35.9 Å². The van der Waals surface area contributed by atoms with Crippen LogP contribution in [0.5, 0.6) is 0 Å². The summed E-state index contributed by atoms with van der Waals surface area (Å²) in [6.45, 7) is 2.78. The van der Waals surface area contributed by atoms with Gasteiger partial charge in [0, 0.05) is 23.3 Å². The van der Waals surface area contributed by atoms with Gasteiger partial charge in [-0.1, -0.05) is 54.2 Å². The van der Waals surface area contributed by atoms with Crippen molar-refractivity contribution in [2.45, 2.75) is 42.6 Å². The van der Waals surface area contributed by atoms with Crippen LogP contribution in [-0.4, -0.2) is 19.7 Å². The van der Waals surface area contributed by atoms with E-state index >= 15 is 0 Å². The van der Waals surface area contributed by atoms with E-state index in [-0.39, 0.29) is 15.9 Å². The largest absolute Gasteiger partial charge is 0.301 e. The normalized spacial score (nSPS) is 14.9. The van der Waals surface area contributed by atoms with Gasteiger partial charge in [0.2, 0.25) is 0 Å². The molecule has 0 saturated heterocycles. The van der Waals surface area contributed by atoms with Crippen LogP contribution in [0.4, 0.5) is 5.69 Å². The van der Waals surface area contributed by atoms with Crippen molar-refractivity contribution < 1.29 is 4.92 Å². The molecule has 2 aromatic carbocycles. The molecule has 1 aromatic heterocycles. The van der Waals surface area contributed by atoms with Crippen LogP contribution >= 0.6 is 11.8 Å². The van der Waals surface area contributed by atoms with E-state index in [1.54, 1.807) is 23.9 Å². The predicted octanol–water partition coefficient (Wildman–Crippen LogP) is 4.97. The average Bonchev–Trinajstić information content (AvgIpc) is 3.46. The van der Waals surface area contributed by atoms with E-state index in [4.69, 9.17) is 0 Å². The van der Waals surface area contributed by atoms with E-state index in [9.17, 15) is 10.1 Å². The van der Waals surface area contributed by atoms with Crippen LogP contribution in [0.1, 0.15) is 47.9 Å². The number of aromatic nitrogens is 3. The zero-order chi connectivity index (χ0) is 18.8. The number of thioether (sulfide) groups is 1. The molecular formula is C20H20N4O2S. The maximum absolute atomic E-state index is 11.0. The van der Waals surface area contributed by atoms with Gasteiger partial charge in [-0.3, -0.25) is 10.1 Å². The van der Waals surface area contributed by atoms with Gasteiger partial charge >= 0.3 is 0 Å². The molecule has 1 heterocycles. The Morgan fingerprint density at radius 3 is 2.67 bits per heavy atom. The van der Waals surface area contributed by atoms with Crippen molar-refractivity contribution in [1.29, 1.82) is 0 Å². The molecule has 1 aliphatic rings. The minimum atomic E-state index is -0.357. The number of nitro groups is 1. The zero-order valence-electron chi connectivity index (χ0n) is 15.0. The van der Waals surface area contributed by atoms with Crippen molar-refractivity contribution in [2.75, 3.05) is 0 Å². The highest BCUT2D eigenvalue weighted by molar-refractivity contribution is 7.99. The van der Waals surface area contributed by atoms with E-state index < -0.39 is 0 Å². The lowest BCUT2D eigenvalue weighted by Gasteiger charge is -2.14. The third-order valence-electron chi connectivity index (χ3n) is 4.70. The van der Waals surface area contributed by atoms with Crippen molar-refractivity contribution in [1.82, 2.24) is 14.8 Å². The molecule has 138 valence electrons. The van der Waals surface area contributed by atoms with E-state index in [1.807, 2.05) is 31.2 Å². The molecule has 27 heavy (non-hydrogen) atoms. The molecule has 0 unspecified atom stereocenters. The molecule has 7 heteroatoms. The number of rotatable bonds is 7. The van der Waals surface area contributed by atoms with Crippen LogP contribution in [-0.2, 0) is 6.54 Å². The van der Waals surface area contributed by atoms with Crippen LogP contribution in [0.2, 0.25) is 0 Å². The number of benzene rings is 2. The van der Waals surface area contributed by atoms with Crippen LogP contribution < -0.4 is 0 Å². The third-order valence-corrected chi connectivity index (χ3v) is 5.84. The lowest BCUT2D eigenvalue weighted by molar-refractivity contribution is -0.384. The lowest BCUT2D eigenvalue weighted by atomic mass is 10.1. The summed E-state index contributed by atoms with van der Waals surface area (Å²) in [4.78, 5) is 10.7. The van der Waals surface area contributed by atoms with Crippen molar-refractivity contribution in [3.63, 3.8) is 0 Å². The van der Waals surface area contributed by atoms with Gasteiger partial charge in [-0.25, -0.2) is 0 Å².